The number of rotatable bonds is 2. The summed E-state index contributed by atoms with van der Waals surface area (Å²) >= 11 is 11.0. The van der Waals surface area contributed by atoms with E-state index in [4.69, 9.17) is 11.6 Å². The SMILES string of the molecule is Cc1cc(C(=O)Nc2ccc(Cl)c3ncccc23)sc1Br. The summed E-state index contributed by atoms with van der Waals surface area (Å²) in [5.41, 5.74) is 2.43. The molecule has 0 aliphatic heterocycles. The van der Waals surface area contributed by atoms with Gasteiger partial charge in [-0.05, 0) is 58.7 Å². The first kappa shape index (κ1) is 14.5. The van der Waals surface area contributed by atoms with E-state index in [0.29, 0.717) is 21.1 Å². The van der Waals surface area contributed by atoms with Crippen LogP contribution in [0.2, 0.25) is 5.02 Å². The third-order valence-electron chi connectivity index (χ3n) is 3.05. The van der Waals surface area contributed by atoms with Crippen molar-refractivity contribution < 1.29 is 4.79 Å². The molecule has 0 fully saturated rings. The van der Waals surface area contributed by atoms with Crippen LogP contribution in [-0.4, -0.2) is 10.9 Å². The average Bonchev–Trinajstić information content (AvgIpc) is 2.82. The predicted octanol–water partition coefficient (Wildman–Crippen LogP) is 5.27. The zero-order chi connectivity index (χ0) is 15.0. The smallest absolute Gasteiger partial charge is 0.265 e. The monoisotopic (exact) mass is 380 g/mol. The lowest BCUT2D eigenvalue weighted by Crippen LogP contribution is -2.10. The first-order valence-corrected chi connectivity index (χ1v) is 8.15. The highest BCUT2D eigenvalue weighted by Crippen LogP contribution is 2.30. The average molecular weight is 382 g/mol. The lowest BCUT2D eigenvalue weighted by atomic mass is 10.2. The number of hydrogen-bond acceptors (Lipinski definition) is 3. The quantitative estimate of drug-likeness (QED) is 0.657. The van der Waals surface area contributed by atoms with E-state index in [1.54, 1.807) is 18.3 Å². The molecule has 2 aromatic heterocycles. The van der Waals surface area contributed by atoms with Gasteiger partial charge in [0.1, 0.15) is 0 Å². The third-order valence-corrected chi connectivity index (χ3v) is 5.49. The van der Waals surface area contributed by atoms with Gasteiger partial charge in [0, 0.05) is 11.6 Å². The number of halogens is 2. The largest absolute Gasteiger partial charge is 0.321 e. The highest BCUT2D eigenvalue weighted by molar-refractivity contribution is 9.11. The fraction of sp³-hybridized carbons (Fsp3) is 0.0667. The number of thiophene rings is 1. The zero-order valence-electron chi connectivity index (χ0n) is 11.0. The van der Waals surface area contributed by atoms with Crippen molar-refractivity contribution in [3.63, 3.8) is 0 Å². The minimum Gasteiger partial charge on any atom is -0.321 e. The lowest BCUT2D eigenvalue weighted by molar-refractivity contribution is 0.103. The third kappa shape index (κ3) is 2.81. The molecule has 0 aliphatic rings. The second-order valence-electron chi connectivity index (χ2n) is 4.52. The van der Waals surface area contributed by atoms with Gasteiger partial charge in [-0.3, -0.25) is 9.78 Å². The molecule has 3 nitrogen and oxygen atoms in total. The molecule has 6 heteroatoms. The number of aryl methyl sites for hydroxylation is 1. The fourth-order valence-electron chi connectivity index (χ4n) is 2.00. The van der Waals surface area contributed by atoms with Crippen molar-refractivity contribution in [1.82, 2.24) is 4.98 Å². The van der Waals surface area contributed by atoms with Crippen molar-refractivity contribution in [3.8, 4) is 0 Å². The Hall–Kier alpha value is -1.43. The molecule has 0 unspecified atom stereocenters. The second-order valence-corrected chi connectivity index (χ2v) is 7.29. The van der Waals surface area contributed by atoms with Crippen molar-refractivity contribution in [3.05, 3.63) is 55.8 Å². The molecular formula is C15H10BrClN2OS. The summed E-state index contributed by atoms with van der Waals surface area (Å²) in [4.78, 5) is 17.2. The Morgan fingerprint density at radius 3 is 2.90 bits per heavy atom. The Labute approximate surface area is 139 Å². The number of amides is 1. The standard InChI is InChI=1S/C15H10BrClN2OS/c1-8-7-12(21-14(8)16)15(20)19-11-5-4-10(17)13-9(11)3-2-6-18-13/h2-7H,1H3,(H,19,20). The highest BCUT2D eigenvalue weighted by Gasteiger charge is 2.13. The van der Waals surface area contributed by atoms with Gasteiger partial charge in [0.15, 0.2) is 0 Å². The molecule has 2 heterocycles. The minimum atomic E-state index is -0.138. The van der Waals surface area contributed by atoms with Crippen LogP contribution in [0.5, 0.6) is 0 Å². The van der Waals surface area contributed by atoms with Crippen molar-refractivity contribution in [2.45, 2.75) is 6.92 Å². The van der Waals surface area contributed by atoms with Gasteiger partial charge in [-0.15, -0.1) is 11.3 Å². The number of anilines is 1. The number of carbonyl (C=O) groups excluding carboxylic acids is 1. The molecule has 1 aromatic carbocycles. The van der Waals surface area contributed by atoms with E-state index in [0.717, 1.165) is 14.7 Å². The number of nitrogens with one attached hydrogen (secondary N) is 1. The maximum atomic E-state index is 12.3. The van der Waals surface area contributed by atoms with Crippen LogP contribution in [0.1, 0.15) is 15.2 Å². The summed E-state index contributed by atoms with van der Waals surface area (Å²) in [6.07, 6.45) is 1.68. The number of carbonyl (C=O) groups is 1. The van der Waals surface area contributed by atoms with Crippen LogP contribution in [-0.2, 0) is 0 Å². The van der Waals surface area contributed by atoms with Crippen molar-refractivity contribution in [2.24, 2.45) is 0 Å². The van der Waals surface area contributed by atoms with E-state index >= 15 is 0 Å². The number of nitrogens with zero attached hydrogens (tertiary/aromatic N) is 1. The molecule has 0 bridgehead atoms. The maximum absolute atomic E-state index is 12.3. The molecule has 106 valence electrons. The number of pyridine rings is 1. The van der Waals surface area contributed by atoms with Crippen LogP contribution in [0.15, 0.2) is 40.3 Å². The van der Waals surface area contributed by atoms with Crippen LogP contribution in [0.4, 0.5) is 5.69 Å². The topological polar surface area (TPSA) is 42.0 Å². The van der Waals surface area contributed by atoms with Gasteiger partial charge in [0.25, 0.3) is 5.91 Å². The molecular weight excluding hydrogens is 372 g/mol. The predicted molar refractivity (Wildman–Crippen MR) is 91.5 cm³/mol. The Balaban J connectivity index is 1.98. The molecule has 0 saturated heterocycles. The van der Waals surface area contributed by atoms with Crippen molar-refractivity contribution in [2.75, 3.05) is 5.32 Å². The first-order valence-electron chi connectivity index (χ1n) is 6.17. The van der Waals surface area contributed by atoms with E-state index in [1.807, 2.05) is 25.1 Å². The number of hydrogen-bond donors (Lipinski definition) is 1. The summed E-state index contributed by atoms with van der Waals surface area (Å²) in [5, 5.41) is 4.31. The van der Waals surface area contributed by atoms with Crippen LogP contribution < -0.4 is 5.32 Å². The van der Waals surface area contributed by atoms with E-state index in [1.165, 1.54) is 11.3 Å². The molecule has 3 aromatic rings. The number of aromatic nitrogens is 1. The summed E-state index contributed by atoms with van der Waals surface area (Å²) in [7, 11) is 0. The second kappa shape index (κ2) is 5.75. The van der Waals surface area contributed by atoms with Gasteiger partial charge in [-0.25, -0.2) is 0 Å². The van der Waals surface area contributed by atoms with Gasteiger partial charge in [0.2, 0.25) is 0 Å². The van der Waals surface area contributed by atoms with Crippen LogP contribution in [0, 0.1) is 6.92 Å². The molecule has 1 amide bonds. The van der Waals surface area contributed by atoms with Crippen LogP contribution in [0.25, 0.3) is 10.9 Å². The van der Waals surface area contributed by atoms with Gasteiger partial charge in [-0.2, -0.15) is 0 Å². The molecule has 3 rings (SSSR count). The van der Waals surface area contributed by atoms with E-state index in [-0.39, 0.29) is 5.91 Å². The Morgan fingerprint density at radius 2 is 2.19 bits per heavy atom. The van der Waals surface area contributed by atoms with Crippen LogP contribution in [0.3, 0.4) is 0 Å². The first-order chi connectivity index (χ1) is 10.1. The van der Waals surface area contributed by atoms with Gasteiger partial charge < -0.3 is 5.32 Å². The van der Waals surface area contributed by atoms with E-state index in [2.05, 4.69) is 26.2 Å². The van der Waals surface area contributed by atoms with E-state index in [9.17, 15) is 4.79 Å². The number of benzene rings is 1. The molecule has 0 saturated carbocycles. The Bertz CT molecular complexity index is 827. The van der Waals surface area contributed by atoms with Crippen molar-refractivity contribution in [1.29, 1.82) is 0 Å². The summed E-state index contributed by atoms with van der Waals surface area (Å²) < 4.78 is 0.968. The molecule has 0 radical (unpaired) electrons. The van der Waals surface area contributed by atoms with Gasteiger partial charge in [-0.1, -0.05) is 11.6 Å². The fourth-order valence-corrected chi connectivity index (χ4v) is 3.65. The lowest BCUT2D eigenvalue weighted by Gasteiger charge is -2.08. The zero-order valence-corrected chi connectivity index (χ0v) is 14.1. The molecule has 0 atom stereocenters. The Morgan fingerprint density at radius 1 is 1.38 bits per heavy atom. The molecule has 0 spiro atoms. The van der Waals surface area contributed by atoms with Crippen molar-refractivity contribution >= 4 is 61.4 Å². The molecule has 0 aliphatic carbocycles. The molecule has 1 N–H and O–H groups in total. The maximum Gasteiger partial charge on any atom is 0.265 e. The van der Waals surface area contributed by atoms with Gasteiger partial charge >= 0.3 is 0 Å². The molecule has 21 heavy (non-hydrogen) atoms. The Kier molecular flexibility index (Phi) is 3.97. The highest BCUT2D eigenvalue weighted by atomic mass is 79.9. The van der Waals surface area contributed by atoms with Crippen LogP contribution >= 0.6 is 38.9 Å². The summed E-state index contributed by atoms with van der Waals surface area (Å²) in [6, 6.07) is 9.10. The summed E-state index contributed by atoms with van der Waals surface area (Å²) in [5.74, 6) is -0.138. The normalized spacial score (nSPS) is 10.8. The van der Waals surface area contributed by atoms with E-state index < -0.39 is 0 Å². The number of fused-ring (bicyclic) bond motifs is 1. The minimum absolute atomic E-state index is 0.138. The summed E-state index contributed by atoms with van der Waals surface area (Å²) in [6.45, 7) is 1.96. The van der Waals surface area contributed by atoms with Gasteiger partial charge in [0.05, 0.1) is 24.9 Å².